The van der Waals surface area contributed by atoms with E-state index in [1.165, 1.54) is 4.90 Å². The zero-order valence-electron chi connectivity index (χ0n) is 23.4. The first kappa shape index (κ1) is 29.9. The highest BCUT2D eigenvalue weighted by molar-refractivity contribution is 7.92. The van der Waals surface area contributed by atoms with Crippen molar-refractivity contribution in [3.8, 4) is 0 Å². The molecule has 3 rings (SSSR count). The van der Waals surface area contributed by atoms with Crippen LogP contribution < -0.4 is 9.62 Å². The summed E-state index contributed by atoms with van der Waals surface area (Å²) in [6.07, 6.45) is 2.00. The van der Waals surface area contributed by atoms with Crippen LogP contribution in [0.2, 0.25) is 0 Å². The van der Waals surface area contributed by atoms with Crippen LogP contribution in [0.3, 0.4) is 0 Å². The lowest BCUT2D eigenvalue weighted by atomic mass is 10.0. The van der Waals surface area contributed by atoms with Gasteiger partial charge in [0.25, 0.3) is 0 Å². The van der Waals surface area contributed by atoms with Crippen molar-refractivity contribution < 1.29 is 18.0 Å². The quantitative estimate of drug-likeness (QED) is 0.361. The highest BCUT2D eigenvalue weighted by Crippen LogP contribution is 2.24. The van der Waals surface area contributed by atoms with Gasteiger partial charge in [-0.3, -0.25) is 13.9 Å². The molecule has 0 aliphatic carbocycles. The number of hydrogen-bond acceptors (Lipinski definition) is 4. The summed E-state index contributed by atoms with van der Waals surface area (Å²) in [5.74, 6) is -0.734. The van der Waals surface area contributed by atoms with Crippen LogP contribution in [-0.2, 0) is 39.0 Å². The Morgan fingerprint density at radius 1 is 0.897 bits per heavy atom. The molecule has 0 aliphatic rings. The van der Waals surface area contributed by atoms with E-state index in [-0.39, 0.29) is 18.5 Å². The number of benzene rings is 3. The van der Waals surface area contributed by atoms with Gasteiger partial charge in [-0.15, -0.1) is 0 Å². The second kappa shape index (κ2) is 13.4. The molecule has 3 aromatic carbocycles. The number of nitrogens with one attached hydrogen (secondary N) is 1. The molecular weight excluding hydrogens is 510 g/mol. The van der Waals surface area contributed by atoms with E-state index < -0.39 is 28.5 Å². The van der Waals surface area contributed by atoms with Gasteiger partial charge in [0.1, 0.15) is 12.6 Å². The van der Waals surface area contributed by atoms with Gasteiger partial charge in [0, 0.05) is 19.0 Å². The van der Waals surface area contributed by atoms with Gasteiger partial charge in [-0.2, -0.15) is 0 Å². The number of rotatable bonds is 12. The molecule has 8 heteroatoms. The van der Waals surface area contributed by atoms with E-state index in [4.69, 9.17) is 0 Å². The van der Waals surface area contributed by atoms with Gasteiger partial charge in [0.15, 0.2) is 0 Å². The van der Waals surface area contributed by atoms with Crippen LogP contribution >= 0.6 is 0 Å². The Labute approximate surface area is 232 Å². The lowest BCUT2D eigenvalue weighted by molar-refractivity contribution is -0.140. The van der Waals surface area contributed by atoms with Gasteiger partial charge in [-0.25, -0.2) is 8.42 Å². The maximum absolute atomic E-state index is 14.1. The van der Waals surface area contributed by atoms with Crippen molar-refractivity contribution in [1.82, 2.24) is 10.2 Å². The van der Waals surface area contributed by atoms with Crippen LogP contribution in [0.4, 0.5) is 5.69 Å². The summed E-state index contributed by atoms with van der Waals surface area (Å²) >= 11 is 0. The third-order valence-corrected chi connectivity index (χ3v) is 7.58. The number of aryl methyl sites for hydroxylation is 2. The summed E-state index contributed by atoms with van der Waals surface area (Å²) in [6.45, 7) is 7.40. The van der Waals surface area contributed by atoms with E-state index in [2.05, 4.69) is 5.32 Å². The number of para-hydroxylation sites is 1. The van der Waals surface area contributed by atoms with Crippen molar-refractivity contribution >= 4 is 27.5 Å². The van der Waals surface area contributed by atoms with E-state index >= 15 is 0 Å². The Hall–Kier alpha value is -3.65. The Balaban J connectivity index is 2.08. The Morgan fingerprint density at radius 2 is 1.54 bits per heavy atom. The molecule has 7 nitrogen and oxygen atoms in total. The minimum absolute atomic E-state index is 0.129. The van der Waals surface area contributed by atoms with E-state index in [1.807, 2.05) is 94.4 Å². The first-order valence-corrected chi connectivity index (χ1v) is 15.1. The molecule has 1 unspecified atom stereocenters. The molecule has 2 amide bonds. The molecule has 39 heavy (non-hydrogen) atoms. The predicted molar refractivity (Wildman–Crippen MR) is 157 cm³/mol. The molecule has 3 aromatic rings. The molecule has 0 radical (unpaired) electrons. The Morgan fingerprint density at radius 3 is 2.15 bits per heavy atom. The van der Waals surface area contributed by atoms with Crippen LogP contribution in [-0.4, -0.2) is 50.0 Å². The predicted octanol–water partition coefficient (Wildman–Crippen LogP) is 4.49. The Kier molecular flexibility index (Phi) is 10.3. The van der Waals surface area contributed by atoms with Gasteiger partial charge >= 0.3 is 0 Å². The molecule has 0 aromatic heterocycles. The molecule has 0 aliphatic heterocycles. The van der Waals surface area contributed by atoms with Gasteiger partial charge in [-0.1, -0.05) is 85.3 Å². The van der Waals surface area contributed by atoms with E-state index in [0.29, 0.717) is 18.5 Å². The largest absolute Gasteiger partial charge is 0.352 e. The summed E-state index contributed by atoms with van der Waals surface area (Å²) in [7, 11) is -3.80. The smallest absolute Gasteiger partial charge is 0.244 e. The van der Waals surface area contributed by atoms with Gasteiger partial charge in [0.05, 0.1) is 11.9 Å². The molecule has 1 atom stereocenters. The molecule has 0 fully saturated rings. The van der Waals surface area contributed by atoms with Crippen LogP contribution in [0.25, 0.3) is 0 Å². The standard InChI is InChI=1S/C31H39N3O4S/c1-6-27-17-10-11-18-28(27)34(39(5,37)38)22-30(35)33(21-26-16-12-13-24(4)19-26)29(31(36)32-23(2)3)20-25-14-8-7-9-15-25/h7-19,23,29H,6,20-22H2,1-5H3,(H,32,36). The average Bonchev–Trinajstić information content (AvgIpc) is 2.88. The van der Waals surface area contributed by atoms with Crippen molar-refractivity contribution in [2.45, 2.75) is 59.2 Å². The van der Waals surface area contributed by atoms with E-state index in [9.17, 15) is 18.0 Å². The molecule has 0 bridgehead atoms. The van der Waals surface area contributed by atoms with Crippen molar-refractivity contribution in [3.63, 3.8) is 0 Å². The van der Waals surface area contributed by atoms with Crippen LogP contribution in [0, 0.1) is 6.92 Å². The summed E-state index contributed by atoms with van der Waals surface area (Å²) in [5, 5.41) is 2.96. The highest BCUT2D eigenvalue weighted by Gasteiger charge is 2.33. The Bertz CT molecular complexity index is 1370. The fraction of sp³-hybridized carbons (Fsp3) is 0.355. The first-order chi connectivity index (χ1) is 18.5. The van der Waals surface area contributed by atoms with Crippen LogP contribution in [0.15, 0.2) is 78.9 Å². The normalized spacial score (nSPS) is 12.2. The number of carbonyl (C=O) groups is 2. The minimum atomic E-state index is -3.80. The lowest BCUT2D eigenvalue weighted by Crippen LogP contribution is -2.54. The second-order valence-corrected chi connectivity index (χ2v) is 12.0. The van der Waals surface area contributed by atoms with Crippen molar-refractivity contribution in [1.29, 1.82) is 0 Å². The van der Waals surface area contributed by atoms with Crippen molar-refractivity contribution in [2.24, 2.45) is 0 Å². The second-order valence-electron chi connectivity index (χ2n) is 10.1. The number of nitrogens with zero attached hydrogens (tertiary/aromatic N) is 2. The fourth-order valence-corrected chi connectivity index (χ4v) is 5.47. The number of sulfonamides is 1. The molecule has 0 heterocycles. The molecule has 1 N–H and O–H groups in total. The first-order valence-electron chi connectivity index (χ1n) is 13.2. The molecule has 0 spiro atoms. The maximum atomic E-state index is 14.1. The average molecular weight is 550 g/mol. The number of amides is 2. The van der Waals surface area contributed by atoms with Crippen molar-refractivity contribution in [3.05, 3.63) is 101 Å². The number of hydrogen-bond donors (Lipinski definition) is 1. The molecule has 208 valence electrons. The zero-order valence-corrected chi connectivity index (χ0v) is 24.2. The highest BCUT2D eigenvalue weighted by atomic mass is 32.2. The summed E-state index contributed by atoms with van der Waals surface area (Å²) in [5.41, 5.74) is 4.08. The molecule has 0 saturated heterocycles. The minimum Gasteiger partial charge on any atom is -0.352 e. The van der Waals surface area contributed by atoms with Gasteiger partial charge in [-0.05, 0) is 49.9 Å². The fourth-order valence-electron chi connectivity index (χ4n) is 4.59. The van der Waals surface area contributed by atoms with Gasteiger partial charge < -0.3 is 10.2 Å². The SMILES string of the molecule is CCc1ccccc1N(CC(=O)N(Cc1cccc(C)c1)C(Cc1ccccc1)C(=O)NC(C)C)S(C)(=O)=O. The summed E-state index contributed by atoms with van der Waals surface area (Å²) in [4.78, 5) is 29.2. The van der Waals surface area contributed by atoms with Gasteiger partial charge in [0.2, 0.25) is 21.8 Å². The number of carbonyl (C=O) groups excluding carboxylic acids is 2. The lowest BCUT2D eigenvalue weighted by Gasteiger charge is -2.34. The summed E-state index contributed by atoms with van der Waals surface area (Å²) in [6, 6.07) is 23.5. The number of anilines is 1. The maximum Gasteiger partial charge on any atom is 0.244 e. The van der Waals surface area contributed by atoms with E-state index in [0.717, 1.165) is 32.8 Å². The third-order valence-electron chi connectivity index (χ3n) is 6.46. The zero-order chi connectivity index (χ0) is 28.6. The van der Waals surface area contributed by atoms with E-state index in [1.54, 1.807) is 12.1 Å². The topological polar surface area (TPSA) is 86.8 Å². The van der Waals surface area contributed by atoms with Crippen LogP contribution in [0.5, 0.6) is 0 Å². The van der Waals surface area contributed by atoms with Crippen LogP contribution in [0.1, 0.15) is 43.0 Å². The monoisotopic (exact) mass is 549 g/mol. The third kappa shape index (κ3) is 8.42. The molecular formula is C31H39N3O4S. The molecule has 0 saturated carbocycles. The summed E-state index contributed by atoms with van der Waals surface area (Å²) < 4.78 is 27.1. The van der Waals surface area contributed by atoms with Crippen molar-refractivity contribution in [2.75, 3.05) is 17.1 Å².